The van der Waals surface area contributed by atoms with Gasteiger partial charge in [0.05, 0.1) is 10.0 Å². The zero-order valence-electron chi connectivity index (χ0n) is 8.18. The average Bonchev–Trinajstić information content (AvgIpc) is 2.12. The van der Waals surface area contributed by atoms with E-state index in [1.54, 1.807) is 18.2 Å². The monoisotopic (exact) mass is 233 g/mol. The van der Waals surface area contributed by atoms with Gasteiger partial charge in [0.15, 0.2) is 5.75 Å². The summed E-state index contributed by atoms with van der Waals surface area (Å²) in [5.41, 5.74) is 0. The molecule has 0 amide bonds. The Bertz CT molecular complexity index is 284. The molecule has 0 fully saturated rings. The van der Waals surface area contributed by atoms with Crippen molar-refractivity contribution in [1.82, 2.24) is 5.32 Å². The van der Waals surface area contributed by atoms with Crippen LogP contribution in [0.25, 0.3) is 0 Å². The fraction of sp³-hybridized carbons (Fsp3) is 0.400. The predicted octanol–water partition coefficient (Wildman–Crippen LogP) is 2.98. The summed E-state index contributed by atoms with van der Waals surface area (Å²) in [6.07, 6.45) is 0.0393. The van der Waals surface area contributed by atoms with Crippen molar-refractivity contribution < 1.29 is 4.74 Å². The smallest absolute Gasteiger partial charge is 0.156 e. The van der Waals surface area contributed by atoms with Crippen LogP contribution < -0.4 is 10.1 Å². The second kappa shape index (κ2) is 5.44. The maximum absolute atomic E-state index is 5.94. The molecule has 0 saturated heterocycles. The topological polar surface area (TPSA) is 21.3 Å². The van der Waals surface area contributed by atoms with Gasteiger partial charge in [-0.05, 0) is 26.1 Å². The first-order valence-corrected chi connectivity index (χ1v) is 5.16. The standard InChI is InChI=1S/C10H13Cl2NO/c1-7(6-13-2)14-10-8(11)4-3-5-9(10)12/h3-5,7,13H,6H2,1-2H3. The van der Waals surface area contributed by atoms with Crippen LogP contribution in [-0.2, 0) is 0 Å². The normalized spacial score (nSPS) is 12.6. The van der Waals surface area contributed by atoms with Gasteiger partial charge >= 0.3 is 0 Å². The molecule has 1 atom stereocenters. The minimum absolute atomic E-state index is 0.0393. The number of halogens is 2. The van der Waals surface area contributed by atoms with Crippen molar-refractivity contribution in [2.75, 3.05) is 13.6 Å². The van der Waals surface area contributed by atoms with E-state index in [0.29, 0.717) is 15.8 Å². The molecule has 4 heteroatoms. The van der Waals surface area contributed by atoms with Gasteiger partial charge in [-0.25, -0.2) is 0 Å². The maximum atomic E-state index is 5.94. The largest absolute Gasteiger partial charge is 0.486 e. The van der Waals surface area contributed by atoms with Crippen molar-refractivity contribution in [3.05, 3.63) is 28.2 Å². The SMILES string of the molecule is CNCC(C)Oc1c(Cl)cccc1Cl. The van der Waals surface area contributed by atoms with Gasteiger partial charge in [0.2, 0.25) is 0 Å². The van der Waals surface area contributed by atoms with E-state index in [-0.39, 0.29) is 6.10 Å². The molecular formula is C10H13Cl2NO. The van der Waals surface area contributed by atoms with Crippen LogP contribution in [0.2, 0.25) is 10.0 Å². The van der Waals surface area contributed by atoms with Gasteiger partial charge in [0.25, 0.3) is 0 Å². The fourth-order valence-electron chi connectivity index (χ4n) is 1.13. The Hall–Kier alpha value is -0.440. The second-order valence-electron chi connectivity index (χ2n) is 3.04. The quantitative estimate of drug-likeness (QED) is 0.864. The summed E-state index contributed by atoms with van der Waals surface area (Å²) in [6.45, 7) is 2.71. The van der Waals surface area contributed by atoms with E-state index < -0.39 is 0 Å². The van der Waals surface area contributed by atoms with Crippen LogP contribution in [-0.4, -0.2) is 19.7 Å². The summed E-state index contributed by atoms with van der Waals surface area (Å²) in [5, 5.41) is 4.10. The average molecular weight is 234 g/mol. The van der Waals surface area contributed by atoms with Crippen LogP contribution in [0.4, 0.5) is 0 Å². The van der Waals surface area contributed by atoms with Gasteiger partial charge in [-0.1, -0.05) is 29.3 Å². The first-order valence-electron chi connectivity index (χ1n) is 4.40. The molecule has 0 aliphatic heterocycles. The lowest BCUT2D eigenvalue weighted by Gasteiger charge is -2.16. The lowest BCUT2D eigenvalue weighted by molar-refractivity contribution is 0.221. The Morgan fingerprint density at radius 2 is 1.93 bits per heavy atom. The second-order valence-corrected chi connectivity index (χ2v) is 3.85. The molecule has 0 radical (unpaired) electrons. The number of benzene rings is 1. The molecule has 0 aliphatic carbocycles. The van der Waals surface area contributed by atoms with Crippen LogP contribution in [0, 0.1) is 0 Å². The third-order valence-electron chi connectivity index (χ3n) is 1.73. The summed E-state index contributed by atoms with van der Waals surface area (Å²) >= 11 is 11.9. The molecular weight excluding hydrogens is 221 g/mol. The molecule has 0 aromatic heterocycles. The van der Waals surface area contributed by atoms with Gasteiger partial charge in [-0.3, -0.25) is 0 Å². The molecule has 0 bridgehead atoms. The summed E-state index contributed by atoms with van der Waals surface area (Å²) < 4.78 is 5.59. The summed E-state index contributed by atoms with van der Waals surface area (Å²) in [6, 6.07) is 5.31. The van der Waals surface area contributed by atoms with Crippen molar-refractivity contribution in [3.63, 3.8) is 0 Å². The minimum atomic E-state index is 0.0393. The molecule has 0 heterocycles. The van der Waals surface area contributed by atoms with E-state index in [4.69, 9.17) is 27.9 Å². The van der Waals surface area contributed by atoms with Crippen LogP contribution >= 0.6 is 23.2 Å². The molecule has 1 aromatic carbocycles. The number of hydrogen-bond acceptors (Lipinski definition) is 2. The number of ether oxygens (including phenoxy) is 1. The van der Waals surface area contributed by atoms with Gasteiger partial charge in [0, 0.05) is 6.54 Å². The van der Waals surface area contributed by atoms with Crippen molar-refractivity contribution in [3.8, 4) is 5.75 Å². The van der Waals surface area contributed by atoms with Crippen molar-refractivity contribution >= 4 is 23.2 Å². The highest BCUT2D eigenvalue weighted by molar-refractivity contribution is 6.37. The van der Waals surface area contributed by atoms with Crippen molar-refractivity contribution in [2.24, 2.45) is 0 Å². The molecule has 78 valence electrons. The molecule has 1 N–H and O–H groups in total. The number of rotatable bonds is 4. The third kappa shape index (κ3) is 3.05. The van der Waals surface area contributed by atoms with Gasteiger partial charge < -0.3 is 10.1 Å². The summed E-state index contributed by atoms with van der Waals surface area (Å²) in [5.74, 6) is 0.554. The zero-order chi connectivity index (χ0) is 10.6. The Balaban J connectivity index is 2.75. The Labute approximate surface area is 94.2 Å². The first-order chi connectivity index (χ1) is 6.65. The molecule has 0 saturated carbocycles. The van der Waals surface area contributed by atoms with Gasteiger partial charge in [0.1, 0.15) is 6.10 Å². The fourth-order valence-corrected chi connectivity index (χ4v) is 1.61. The lowest BCUT2D eigenvalue weighted by atomic mass is 10.3. The van der Waals surface area contributed by atoms with Gasteiger partial charge in [-0.2, -0.15) is 0 Å². The third-order valence-corrected chi connectivity index (χ3v) is 2.32. The van der Waals surface area contributed by atoms with E-state index in [1.807, 2.05) is 14.0 Å². The number of hydrogen-bond donors (Lipinski definition) is 1. The Morgan fingerprint density at radius 3 is 2.43 bits per heavy atom. The highest BCUT2D eigenvalue weighted by Gasteiger charge is 2.09. The highest BCUT2D eigenvalue weighted by Crippen LogP contribution is 2.32. The number of nitrogens with one attached hydrogen (secondary N) is 1. The predicted molar refractivity (Wildman–Crippen MR) is 60.5 cm³/mol. The first kappa shape index (κ1) is 11.6. The number of para-hydroxylation sites is 1. The van der Waals surface area contributed by atoms with E-state index in [0.717, 1.165) is 6.54 Å². The number of likely N-dealkylation sites (N-methyl/N-ethyl adjacent to an activating group) is 1. The molecule has 1 aromatic rings. The molecule has 1 unspecified atom stereocenters. The van der Waals surface area contributed by atoms with Crippen LogP contribution in [0.5, 0.6) is 5.75 Å². The summed E-state index contributed by atoms with van der Waals surface area (Å²) in [4.78, 5) is 0. The van der Waals surface area contributed by atoms with E-state index in [1.165, 1.54) is 0 Å². The van der Waals surface area contributed by atoms with Crippen LogP contribution in [0.1, 0.15) is 6.92 Å². The van der Waals surface area contributed by atoms with Crippen LogP contribution in [0.15, 0.2) is 18.2 Å². The van der Waals surface area contributed by atoms with Gasteiger partial charge in [-0.15, -0.1) is 0 Å². The summed E-state index contributed by atoms with van der Waals surface area (Å²) in [7, 11) is 1.87. The van der Waals surface area contributed by atoms with E-state index in [9.17, 15) is 0 Å². The zero-order valence-corrected chi connectivity index (χ0v) is 9.69. The maximum Gasteiger partial charge on any atom is 0.156 e. The Morgan fingerprint density at radius 1 is 1.36 bits per heavy atom. The van der Waals surface area contributed by atoms with E-state index >= 15 is 0 Å². The van der Waals surface area contributed by atoms with Crippen molar-refractivity contribution in [1.29, 1.82) is 0 Å². The molecule has 0 spiro atoms. The minimum Gasteiger partial charge on any atom is -0.486 e. The Kier molecular flexibility index (Phi) is 4.52. The van der Waals surface area contributed by atoms with E-state index in [2.05, 4.69) is 5.32 Å². The molecule has 14 heavy (non-hydrogen) atoms. The molecule has 0 aliphatic rings. The van der Waals surface area contributed by atoms with Crippen molar-refractivity contribution in [2.45, 2.75) is 13.0 Å². The highest BCUT2D eigenvalue weighted by atomic mass is 35.5. The lowest BCUT2D eigenvalue weighted by Crippen LogP contribution is -2.26. The molecule has 2 nitrogen and oxygen atoms in total. The van der Waals surface area contributed by atoms with Crippen LogP contribution in [0.3, 0.4) is 0 Å². The molecule has 1 rings (SSSR count).